The van der Waals surface area contributed by atoms with Gasteiger partial charge >= 0.3 is 0 Å². The molecule has 122 valence electrons. The molecule has 1 atom stereocenters. The van der Waals surface area contributed by atoms with Crippen LogP contribution in [0.2, 0.25) is 0 Å². The van der Waals surface area contributed by atoms with Gasteiger partial charge in [-0.3, -0.25) is 0 Å². The summed E-state index contributed by atoms with van der Waals surface area (Å²) in [5.74, 6) is 3.24. The number of hydrogen-bond donors (Lipinski definition) is 1. The van der Waals surface area contributed by atoms with E-state index in [-0.39, 0.29) is 0 Å². The highest BCUT2D eigenvalue weighted by atomic mass is 16.5. The number of furan rings is 2. The lowest BCUT2D eigenvalue weighted by Crippen LogP contribution is -2.30. The summed E-state index contributed by atoms with van der Waals surface area (Å²) in [6.45, 7) is 6.18. The van der Waals surface area contributed by atoms with E-state index in [0.29, 0.717) is 5.92 Å². The molecule has 4 heteroatoms. The predicted octanol–water partition coefficient (Wildman–Crippen LogP) is 4.35. The SMILES string of the molecule is COc1c2cc(C)oc2c(CC2CCCNC2)c2cc(C)oc12. The summed E-state index contributed by atoms with van der Waals surface area (Å²) in [4.78, 5) is 0. The summed E-state index contributed by atoms with van der Waals surface area (Å²) in [6.07, 6.45) is 3.52. The van der Waals surface area contributed by atoms with Gasteiger partial charge in [-0.15, -0.1) is 0 Å². The number of piperidine rings is 1. The van der Waals surface area contributed by atoms with Gasteiger partial charge < -0.3 is 18.9 Å². The van der Waals surface area contributed by atoms with E-state index in [2.05, 4.69) is 11.4 Å². The first-order chi connectivity index (χ1) is 11.2. The second kappa shape index (κ2) is 5.60. The van der Waals surface area contributed by atoms with Gasteiger partial charge in [0.25, 0.3) is 0 Å². The first kappa shape index (κ1) is 14.6. The van der Waals surface area contributed by atoms with Crippen LogP contribution in [0.15, 0.2) is 21.0 Å². The van der Waals surface area contributed by atoms with Gasteiger partial charge in [-0.05, 0) is 64.3 Å². The summed E-state index contributed by atoms with van der Waals surface area (Å²) in [7, 11) is 1.69. The van der Waals surface area contributed by atoms with Crippen LogP contribution in [0.5, 0.6) is 5.75 Å². The van der Waals surface area contributed by atoms with Gasteiger partial charge in [0.15, 0.2) is 11.3 Å². The van der Waals surface area contributed by atoms with Gasteiger partial charge in [-0.25, -0.2) is 0 Å². The molecule has 1 saturated heterocycles. The molecule has 1 aromatic carbocycles. The predicted molar refractivity (Wildman–Crippen MR) is 91.3 cm³/mol. The molecule has 0 bridgehead atoms. The molecule has 3 aromatic rings. The Morgan fingerprint density at radius 2 is 1.87 bits per heavy atom. The number of benzene rings is 1. The number of nitrogens with one attached hydrogen (secondary N) is 1. The van der Waals surface area contributed by atoms with Crippen molar-refractivity contribution in [1.82, 2.24) is 5.32 Å². The van der Waals surface area contributed by atoms with E-state index in [1.165, 1.54) is 18.4 Å². The maximum atomic E-state index is 6.06. The highest BCUT2D eigenvalue weighted by Gasteiger charge is 2.24. The Bertz CT molecular complexity index is 795. The monoisotopic (exact) mass is 313 g/mol. The largest absolute Gasteiger partial charge is 0.492 e. The first-order valence-corrected chi connectivity index (χ1v) is 8.37. The topological polar surface area (TPSA) is 47.5 Å². The van der Waals surface area contributed by atoms with Crippen LogP contribution in [0.25, 0.3) is 21.9 Å². The number of fused-ring (bicyclic) bond motifs is 2. The van der Waals surface area contributed by atoms with Crippen molar-refractivity contribution in [3.63, 3.8) is 0 Å². The maximum absolute atomic E-state index is 6.06. The van der Waals surface area contributed by atoms with Gasteiger partial charge in [0.05, 0.1) is 12.5 Å². The second-order valence-corrected chi connectivity index (χ2v) is 6.63. The van der Waals surface area contributed by atoms with E-state index in [1.807, 2.05) is 19.9 Å². The molecule has 1 unspecified atom stereocenters. The molecule has 23 heavy (non-hydrogen) atoms. The summed E-state index contributed by atoms with van der Waals surface area (Å²) in [5.41, 5.74) is 3.06. The van der Waals surface area contributed by atoms with Crippen LogP contribution in [-0.2, 0) is 6.42 Å². The highest BCUT2D eigenvalue weighted by Crippen LogP contribution is 2.42. The molecule has 0 amide bonds. The fourth-order valence-electron chi connectivity index (χ4n) is 3.85. The van der Waals surface area contributed by atoms with Crippen molar-refractivity contribution in [2.45, 2.75) is 33.1 Å². The third-order valence-electron chi connectivity index (χ3n) is 4.86. The van der Waals surface area contributed by atoms with Crippen molar-refractivity contribution < 1.29 is 13.6 Å². The summed E-state index contributed by atoms with van der Waals surface area (Å²) < 4.78 is 17.7. The molecule has 0 saturated carbocycles. The molecule has 1 fully saturated rings. The van der Waals surface area contributed by atoms with Crippen molar-refractivity contribution in [1.29, 1.82) is 0 Å². The average Bonchev–Trinajstić information content (AvgIpc) is 3.11. The lowest BCUT2D eigenvalue weighted by molar-refractivity contribution is 0.376. The summed E-state index contributed by atoms with van der Waals surface area (Å²) in [6, 6.07) is 4.16. The number of hydrogen-bond acceptors (Lipinski definition) is 4. The Kier molecular flexibility index (Phi) is 3.57. The fourth-order valence-corrected chi connectivity index (χ4v) is 3.85. The first-order valence-electron chi connectivity index (χ1n) is 8.37. The van der Waals surface area contributed by atoms with E-state index in [9.17, 15) is 0 Å². The van der Waals surface area contributed by atoms with E-state index in [4.69, 9.17) is 13.6 Å². The Morgan fingerprint density at radius 3 is 2.57 bits per heavy atom. The summed E-state index contributed by atoms with van der Waals surface area (Å²) in [5, 5.41) is 5.66. The molecule has 2 aromatic heterocycles. The van der Waals surface area contributed by atoms with Gasteiger partial charge in [-0.1, -0.05) is 0 Å². The molecule has 0 aliphatic carbocycles. The fraction of sp³-hybridized carbons (Fsp3) is 0.474. The summed E-state index contributed by atoms with van der Waals surface area (Å²) >= 11 is 0. The van der Waals surface area contributed by atoms with Crippen LogP contribution in [-0.4, -0.2) is 20.2 Å². The zero-order chi connectivity index (χ0) is 16.0. The highest BCUT2D eigenvalue weighted by molar-refractivity contribution is 6.04. The van der Waals surface area contributed by atoms with Crippen molar-refractivity contribution in [3.8, 4) is 5.75 Å². The van der Waals surface area contributed by atoms with Crippen LogP contribution in [0.4, 0.5) is 0 Å². The molecule has 4 nitrogen and oxygen atoms in total. The Labute approximate surface area is 135 Å². The third-order valence-corrected chi connectivity index (χ3v) is 4.86. The van der Waals surface area contributed by atoms with Crippen LogP contribution in [0.1, 0.15) is 29.9 Å². The van der Waals surface area contributed by atoms with Gasteiger partial charge in [-0.2, -0.15) is 0 Å². The maximum Gasteiger partial charge on any atom is 0.177 e. The Balaban J connectivity index is 1.94. The van der Waals surface area contributed by atoms with Crippen molar-refractivity contribution in [3.05, 3.63) is 29.2 Å². The lowest BCUT2D eigenvalue weighted by atomic mass is 9.90. The zero-order valence-electron chi connectivity index (χ0n) is 14.0. The van der Waals surface area contributed by atoms with E-state index in [0.717, 1.165) is 58.7 Å². The minimum absolute atomic E-state index is 0.643. The van der Waals surface area contributed by atoms with Gasteiger partial charge in [0.1, 0.15) is 17.1 Å². The van der Waals surface area contributed by atoms with Crippen LogP contribution >= 0.6 is 0 Å². The Morgan fingerprint density at radius 1 is 1.13 bits per heavy atom. The van der Waals surface area contributed by atoms with Crippen molar-refractivity contribution in [2.75, 3.05) is 20.2 Å². The van der Waals surface area contributed by atoms with Crippen molar-refractivity contribution >= 4 is 21.9 Å². The number of aryl methyl sites for hydroxylation is 2. The smallest absolute Gasteiger partial charge is 0.177 e. The molecule has 4 rings (SSSR count). The van der Waals surface area contributed by atoms with Crippen LogP contribution < -0.4 is 10.1 Å². The number of methoxy groups -OCH3 is 1. The minimum atomic E-state index is 0.643. The molecule has 0 radical (unpaired) electrons. The van der Waals surface area contributed by atoms with E-state index >= 15 is 0 Å². The van der Waals surface area contributed by atoms with Crippen LogP contribution in [0.3, 0.4) is 0 Å². The molecule has 1 aliphatic rings. The third kappa shape index (κ3) is 2.41. The van der Waals surface area contributed by atoms with Crippen LogP contribution in [0, 0.1) is 19.8 Å². The standard InChI is InChI=1S/C19H23NO3/c1-11-7-14-15(9-13-5-4-6-20-10-13)17-16(8-12(2)22-17)18(21-3)19(14)23-11/h7-8,13,20H,4-6,9-10H2,1-3H3. The average molecular weight is 313 g/mol. The quantitative estimate of drug-likeness (QED) is 0.781. The lowest BCUT2D eigenvalue weighted by Gasteiger charge is -2.23. The normalized spacial score (nSPS) is 18.8. The van der Waals surface area contributed by atoms with E-state index < -0.39 is 0 Å². The zero-order valence-corrected chi connectivity index (χ0v) is 14.0. The Hall–Kier alpha value is -1.94. The van der Waals surface area contributed by atoms with Gasteiger partial charge in [0, 0.05) is 10.9 Å². The number of ether oxygens (including phenoxy) is 1. The second-order valence-electron chi connectivity index (χ2n) is 6.63. The molecule has 1 N–H and O–H groups in total. The molecule has 3 heterocycles. The number of rotatable bonds is 3. The van der Waals surface area contributed by atoms with E-state index in [1.54, 1.807) is 7.11 Å². The molecular formula is C19H23NO3. The molecule has 1 aliphatic heterocycles. The minimum Gasteiger partial charge on any atom is -0.492 e. The molecule has 0 spiro atoms. The molecular weight excluding hydrogens is 290 g/mol. The van der Waals surface area contributed by atoms with Gasteiger partial charge in [0.2, 0.25) is 0 Å². The van der Waals surface area contributed by atoms with Crippen molar-refractivity contribution in [2.24, 2.45) is 5.92 Å².